The second-order valence-corrected chi connectivity index (χ2v) is 7.74. The van der Waals surface area contributed by atoms with E-state index in [1.54, 1.807) is 0 Å². The van der Waals surface area contributed by atoms with Crippen LogP contribution in [-0.4, -0.2) is 65.2 Å². The third-order valence-corrected chi connectivity index (χ3v) is 5.86. The molecule has 0 aliphatic carbocycles. The van der Waals surface area contributed by atoms with Crippen LogP contribution in [0.5, 0.6) is 0 Å². The zero-order valence-corrected chi connectivity index (χ0v) is 15.4. The molecule has 0 radical (unpaired) electrons. The fraction of sp³-hybridized carbons (Fsp3) is 0.833. The van der Waals surface area contributed by atoms with Gasteiger partial charge >= 0.3 is 6.03 Å². The molecule has 0 unspecified atom stereocenters. The Labute approximate surface area is 154 Å². The van der Waals surface area contributed by atoms with Gasteiger partial charge in [0.1, 0.15) is 5.82 Å². The quantitative estimate of drug-likeness (QED) is 0.858. The van der Waals surface area contributed by atoms with Crippen molar-refractivity contribution in [2.75, 3.05) is 39.5 Å². The van der Waals surface area contributed by atoms with E-state index in [2.05, 4.69) is 20.1 Å². The minimum Gasteiger partial charge on any atom is -0.381 e. The van der Waals surface area contributed by atoms with Gasteiger partial charge in [-0.05, 0) is 25.7 Å². The van der Waals surface area contributed by atoms with Gasteiger partial charge in [-0.15, -0.1) is 10.2 Å². The molecule has 4 rings (SSSR count). The molecule has 2 saturated heterocycles. The van der Waals surface area contributed by atoms with Gasteiger partial charge in [0.25, 0.3) is 0 Å². The van der Waals surface area contributed by atoms with Crippen LogP contribution in [0.15, 0.2) is 0 Å². The molecule has 8 heteroatoms. The van der Waals surface area contributed by atoms with Crippen LogP contribution in [0.25, 0.3) is 0 Å². The number of carbonyl (C=O) groups excluding carboxylic acids is 1. The van der Waals surface area contributed by atoms with Gasteiger partial charge in [0.05, 0.1) is 19.8 Å². The van der Waals surface area contributed by atoms with Gasteiger partial charge in [-0.3, -0.25) is 0 Å². The number of rotatable bonds is 2. The van der Waals surface area contributed by atoms with Gasteiger partial charge in [0, 0.05) is 44.7 Å². The predicted molar refractivity (Wildman–Crippen MR) is 94.7 cm³/mol. The average Bonchev–Trinajstić information content (AvgIpc) is 2.82. The van der Waals surface area contributed by atoms with E-state index >= 15 is 0 Å². The van der Waals surface area contributed by atoms with Gasteiger partial charge in [0.15, 0.2) is 5.82 Å². The lowest BCUT2D eigenvalue weighted by Crippen LogP contribution is -2.48. The maximum Gasteiger partial charge on any atom is 0.317 e. The van der Waals surface area contributed by atoms with Crippen molar-refractivity contribution < 1.29 is 14.3 Å². The maximum atomic E-state index is 12.8. The van der Waals surface area contributed by atoms with Gasteiger partial charge in [0.2, 0.25) is 0 Å². The lowest BCUT2D eigenvalue weighted by atomic mass is 9.80. The molecular formula is C18H29N5O3. The minimum absolute atomic E-state index is 0.0349. The van der Waals surface area contributed by atoms with Gasteiger partial charge < -0.3 is 24.3 Å². The third-order valence-electron chi connectivity index (χ3n) is 5.86. The van der Waals surface area contributed by atoms with Crippen molar-refractivity contribution in [3.8, 4) is 0 Å². The van der Waals surface area contributed by atoms with Crippen LogP contribution in [0.2, 0.25) is 0 Å². The van der Waals surface area contributed by atoms with Crippen molar-refractivity contribution in [3.05, 3.63) is 11.6 Å². The highest BCUT2D eigenvalue weighted by Crippen LogP contribution is 2.33. The van der Waals surface area contributed by atoms with E-state index in [0.717, 1.165) is 70.2 Å². The molecule has 1 N–H and O–H groups in total. The molecule has 2 amide bonds. The van der Waals surface area contributed by atoms with E-state index in [1.165, 1.54) is 12.8 Å². The van der Waals surface area contributed by atoms with Crippen molar-refractivity contribution in [2.45, 2.75) is 51.6 Å². The third kappa shape index (κ3) is 3.86. The smallest absolute Gasteiger partial charge is 0.317 e. The van der Waals surface area contributed by atoms with Crippen LogP contribution in [-0.2, 0) is 29.0 Å². The number of carbonyl (C=O) groups is 1. The summed E-state index contributed by atoms with van der Waals surface area (Å²) in [6.07, 6.45) is 6.44. The Morgan fingerprint density at radius 1 is 1.08 bits per heavy atom. The molecule has 0 atom stereocenters. The molecule has 0 bridgehead atoms. The average molecular weight is 363 g/mol. The largest absolute Gasteiger partial charge is 0.381 e. The Balaban J connectivity index is 1.37. The molecule has 0 saturated carbocycles. The molecule has 1 aromatic rings. The summed E-state index contributed by atoms with van der Waals surface area (Å²) in [5, 5.41) is 11.7. The Morgan fingerprint density at radius 2 is 1.96 bits per heavy atom. The molecule has 1 aromatic heterocycles. The summed E-state index contributed by atoms with van der Waals surface area (Å²) in [5.41, 5.74) is 0.0397. The number of nitrogens with one attached hydrogen (secondary N) is 1. The lowest BCUT2D eigenvalue weighted by molar-refractivity contribution is -0.0295. The first-order valence-corrected chi connectivity index (χ1v) is 9.85. The van der Waals surface area contributed by atoms with Gasteiger partial charge in [-0.1, -0.05) is 6.42 Å². The van der Waals surface area contributed by atoms with Crippen molar-refractivity contribution in [3.63, 3.8) is 0 Å². The number of hydrogen-bond acceptors (Lipinski definition) is 5. The summed E-state index contributed by atoms with van der Waals surface area (Å²) >= 11 is 0. The topological polar surface area (TPSA) is 81.5 Å². The Morgan fingerprint density at radius 3 is 2.85 bits per heavy atom. The SMILES string of the molecule is O=C(NCc1nnc2n1CCCCC2)N1CCOCC2(CCOCC2)C1. The molecule has 144 valence electrons. The Kier molecular flexibility index (Phi) is 5.40. The molecule has 26 heavy (non-hydrogen) atoms. The highest BCUT2D eigenvalue weighted by Gasteiger charge is 2.38. The number of aromatic nitrogens is 3. The van der Waals surface area contributed by atoms with E-state index in [-0.39, 0.29) is 11.4 Å². The number of amides is 2. The molecule has 1 spiro atoms. The molecular weight excluding hydrogens is 334 g/mol. The van der Waals surface area contributed by atoms with E-state index in [9.17, 15) is 4.79 Å². The van der Waals surface area contributed by atoms with Crippen LogP contribution < -0.4 is 5.32 Å². The number of aryl methyl sites for hydroxylation is 1. The van der Waals surface area contributed by atoms with Crippen LogP contribution in [0, 0.1) is 5.41 Å². The summed E-state index contributed by atoms with van der Waals surface area (Å²) < 4.78 is 13.5. The minimum atomic E-state index is -0.0349. The van der Waals surface area contributed by atoms with Crippen molar-refractivity contribution in [2.24, 2.45) is 5.41 Å². The van der Waals surface area contributed by atoms with Gasteiger partial charge in [-0.2, -0.15) is 0 Å². The molecule has 3 aliphatic heterocycles. The summed E-state index contributed by atoms with van der Waals surface area (Å²) in [4.78, 5) is 14.7. The van der Waals surface area contributed by atoms with E-state index in [0.29, 0.717) is 19.7 Å². The second kappa shape index (κ2) is 7.92. The number of nitrogens with zero attached hydrogens (tertiary/aromatic N) is 4. The summed E-state index contributed by atoms with van der Waals surface area (Å²) in [6.45, 7) is 5.57. The highest BCUT2D eigenvalue weighted by molar-refractivity contribution is 5.74. The zero-order valence-electron chi connectivity index (χ0n) is 15.4. The van der Waals surface area contributed by atoms with E-state index in [4.69, 9.17) is 9.47 Å². The summed E-state index contributed by atoms with van der Waals surface area (Å²) in [5.74, 6) is 1.91. The van der Waals surface area contributed by atoms with E-state index < -0.39 is 0 Å². The highest BCUT2D eigenvalue weighted by atomic mass is 16.5. The fourth-order valence-corrected chi connectivity index (χ4v) is 4.22. The summed E-state index contributed by atoms with van der Waals surface area (Å²) in [7, 11) is 0. The number of ether oxygens (including phenoxy) is 2. The van der Waals surface area contributed by atoms with Crippen molar-refractivity contribution in [1.29, 1.82) is 0 Å². The van der Waals surface area contributed by atoms with Crippen molar-refractivity contribution in [1.82, 2.24) is 25.0 Å². The van der Waals surface area contributed by atoms with Crippen LogP contribution in [0.4, 0.5) is 4.79 Å². The fourth-order valence-electron chi connectivity index (χ4n) is 4.22. The molecule has 3 aliphatic rings. The van der Waals surface area contributed by atoms with Crippen LogP contribution >= 0.6 is 0 Å². The Bertz CT molecular complexity index is 626. The zero-order chi connectivity index (χ0) is 17.8. The molecule has 4 heterocycles. The maximum absolute atomic E-state index is 12.8. The molecule has 0 aromatic carbocycles. The van der Waals surface area contributed by atoms with Crippen LogP contribution in [0.3, 0.4) is 0 Å². The second-order valence-electron chi connectivity index (χ2n) is 7.74. The standard InChI is InChI=1S/C18H29N5O3/c24-17(19-12-16-21-20-15-4-2-1-3-7-23(15)16)22-8-11-26-14-18(13-22)5-9-25-10-6-18/h1-14H2,(H,19,24). The molecule has 2 fully saturated rings. The first kappa shape index (κ1) is 17.7. The summed E-state index contributed by atoms with van der Waals surface area (Å²) in [6, 6.07) is -0.0349. The first-order valence-electron chi connectivity index (χ1n) is 9.85. The first-order chi connectivity index (χ1) is 12.8. The van der Waals surface area contributed by atoms with Gasteiger partial charge in [-0.25, -0.2) is 4.79 Å². The predicted octanol–water partition coefficient (Wildman–Crippen LogP) is 1.34. The monoisotopic (exact) mass is 363 g/mol. The number of urea groups is 1. The Hall–Kier alpha value is -1.67. The lowest BCUT2D eigenvalue weighted by Gasteiger charge is -2.38. The van der Waals surface area contributed by atoms with Crippen molar-refractivity contribution >= 4 is 6.03 Å². The van der Waals surface area contributed by atoms with Crippen LogP contribution in [0.1, 0.15) is 43.8 Å². The van der Waals surface area contributed by atoms with E-state index in [1.807, 2.05) is 4.90 Å². The normalized spacial score (nSPS) is 23.2. The number of fused-ring (bicyclic) bond motifs is 1. The molecule has 8 nitrogen and oxygen atoms in total. The number of hydrogen-bond donors (Lipinski definition) is 1.